The summed E-state index contributed by atoms with van der Waals surface area (Å²) in [6, 6.07) is 3.43. The molecular weight excluding hydrogens is 252 g/mol. The van der Waals surface area contributed by atoms with Crippen molar-refractivity contribution < 1.29 is 13.7 Å². The molecule has 0 spiro atoms. The number of anilines is 1. The minimum absolute atomic E-state index is 0.0900. The van der Waals surface area contributed by atoms with Crippen molar-refractivity contribution in [2.24, 2.45) is 0 Å². The number of rotatable bonds is 6. The summed E-state index contributed by atoms with van der Waals surface area (Å²) in [7, 11) is 0.524. The van der Waals surface area contributed by atoms with Crippen molar-refractivity contribution in [3.05, 3.63) is 23.9 Å². The molecule has 100 valence electrons. The molecule has 1 aromatic rings. The number of hydrogen-bond acceptors (Lipinski definition) is 5. The van der Waals surface area contributed by atoms with Crippen molar-refractivity contribution in [2.75, 3.05) is 24.4 Å². The minimum Gasteiger partial charge on any atom is -0.465 e. The van der Waals surface area contributed by atoms with Crippen molar-refractivity contribution in [2.45, 2.75) is 19.4 Å². The average Bonchev–Trinajstić information content (AvgIpc) is 2.36. The zero-order chi connectivity index (χ0) is 13.5. The molecule has 0 saturated carbocycles. The summed E-state index contributed by atoms with van der Waals surface area (Å²) in [4.78, 5) is 15.7. The van der Waals surface area contributed by atoms with E-state index in [-0.39, 0.29) is 6.04 Å². The van der Waals surface area contributed by atoms with Gasteiger partial charge in [-0.2, -0.15) is 0 Å². The first-order valence-corrected chi connectivity index (χ1v) is 7.37. The number of nitrogens with one attached hydrogen (secondary N) is 1. The second kappa shape index (κ2) is 7.10. The molecule has 1 N–H and O–H groups in total. The van der Waals surface area contributed by atoms with E-state index < -0.39 is 16.8 Å². The molecule has 2 unspecified atom stereocenters. The van der Waals surface area contributed by atoms with E-state index in [0.29, 0.717) is 17.1 Å². The fourth-order valence-electron chi connectivity index (χ4n) is 1.44. The van der Waals surface area contributed by atoms with Crippen LogP contribution < -0.4 is 5.32 Å². The molecule has 0 aliphatic carbocycles. The molecule has 0 saturated heterocycles. The van der Waals surface area contributed by atoms with Gasteiger partial charge >= 0.3 is 5.97 Å². The van der Waals surface area contributed by atoms with E-state index in [1.165, 1.54) is 7.11 Å². The number of pyridine rings is 1. The van der Waals surface area contributed by atoms with E-state index in [1.807, 2.05) is 6.92 Å². The number of esters is 1. The summed E-state index contributed by atoms with van der Waals surface area (Å²) in [6.45, 7) is 1.96. The zero-order valence-corrected chi connectivity index (χ0v) is 11.6. The Morgan fingerprint density at radius 3 is 2.94 bits per heavy atom. The maximum absolute atomic E-state index is 11.5. The first-order chi connectivity index (χ1) is 8.54. The molecule has 1 aromatic heterocycles. The molecule has 1 rings (SSSR count). The topological polar surface area (TPSA) is 68.3 Å². The van der Waals surface area contributed by atoms with Crippen LogP contribution in [-0.2, 0) is 15.5 Å². The predicted octanol–water partition coefficient (Wildman–Crippen LogP) is 1.44. The molecule has 0 aliphatic rings. The van der Waals surface area contributed by atoms with Crippen molar-refractivity contribution in [3.63, 3.8) is 0 Å². The Bertz CT molecular complexity index is 437. The molecule has 0 amide bonds. The van der Waals surface area contributed by atoms with E-state index in [4.69, 9.17) is 0 Å². The monoisotopic (exact) mass is 270 g/mol. The molecule has 1 heterocycles. The predicted molar refractivity (Wildman–Crippen MR) is 72.2 cm³/mol. The largest absolute Gasteiger partial charge is 0.465 e. The number of methoxy groups -OCH3 is 1. The molecule has 6 heteroatoms. The highest BCUT2D eigenvalue weighted by Crippen LogP contribution is 2.14. The first-order valence-electron chi connectivity index (χ1n) is 5.64. The van der Waals surface area contributed by atoms with Gasteiger partial charge < -0.3 is 10.1 Å². The van der Waals surface area contributed by atoms with Gasteiger partial charge in [0.25, 0.3) is 0 Å². The maximum Gasteiger partial charge on any atom is 0.341 e. The van der Waals surface area contributed by atoms with Gasteiger partial charge in [0.05, 0.1) is 7.11 Å². The lowest BCUT2D eigenvalue weighted by Gasteiger charge is -2.15. The van der Waals surface area contributed by atoms with Crippen LogP contribution in [-0.4, -0.2) is 40.3 Å². The molecule has 2 atom stereocenters. The molecule has 0 fully saturated rings. The van der Waals surface area contributed by atoms with Crippen LogP contribution in [0.4, 0.5) is 5.82 Å². The second-order valence-electron chi connectivity index (χ2n) is 4.00. The van der Waals surface area contributed by atoms with Gasteiger partial charge in [-0.1, -0.05) is 0 Å². The van der Waals surface area contributed by atoms with E-state index in [0.717, 1.165) is 6.42 Å². The molecule has 0 bridgehead atoms. The maximum atomic E-state index is 11.5. The van der Waals surface area contributed by atoms with Gasteiger partial charge in [0.2, 0.25) is 0 Å². The van der Waals surface area contributed by atoms with Crippen LogP contribution in [0.3, 0.4) is 0 Å². The summed E-state index contributed by atoms with van der Waals surface area (Å²) >= 11 is 0. The Kier molecular flexibility index (Phi) is 5.77. The number of nitrogens with zero attached hydrogens (tertiary/aromatic N) is 1. The lowest BCUT2D eigenvalue weighted by molar-refractivity contribution is 0.0601. The third kappa shape index (κ3) is 4.44. The molecule has 18 heavy (non-hydrogen) atoms. The lowest BCUT2D eigenvalue weighted by Crippen LogP contribution is -2.20. The Balaban J connectivity index is 2.71. The number of ether oxygens (including phenoxy) is 1. The summed E-state index contributed by atoms with van der Waals surface area (Å²) in [5, 5.41) is 3.13. The molecule has 5 nitrogen and oxygen atoms in total. The molecule has 0 aromatic carbocycles. The van der Waals surface area contributed by atoms with E-state index in [1.54, 1.807) is 24.6 Å². The van der Waals surface area contributed by atoms with Crippen LogP contribution >= 0.6 is 0 Å². The number of carbonyl (C=O) groups is 1. The van der Waals surface area contributed by atoms with Gasteiger partial charge in [0.1, 0.15) is 11.4 Å². The summed E-state index contributed by atoms with van der Waals surface area (Å²) in [5.74, 6) is 0.699. The van der Waals surface area contributed by atoms with Crippen LogP contribution in [0.15, 0.2) is 18.3 Å². The molecule has 0 aliphatic heterocycles. The Morgan fingerprint density at radius 2 is 2.33 bits per heavy atom. The van der Waals surface area contributed by atoms with E-state index in [9.17, 15) is 9.00 Å². The Hall–Kier alpha value is -1.43. The first kappa shape index (κ1) is 14.6. The van der Waals surface area contributed by atoms with Gasteiger partial charge in [-0.15, -0.1) is 0 Å². The van der Waals surface area contributed by atoms with Gasteiger partial charge in [-0.25, -0.2) is 9.78 Å². The van der Waals surface area contributed by atoms with Crippen LogP contribution in [0.25, 0.3) is 0 Å². The zero-order valence-electron chi connectivity index (χ0n) is 10.8. The highest BCUT2D eigenvalue weighted by atomic mass is 32.2. The summed E-state index contributed by atoms with van der Waals surface area (Å²) in [5.41, 5.74) is 0.407. The van der Waals surface area contributed by atoms with Crippen LogP contribution in [0.1, 0.15) is 23.7 Å². The van der Waals surface area contributed by atoms with Crippen LogP contribution in [0.2, 0.25) is 0 Å². The van der Waals surface area contributed by atoms with Crippen LogP contribution in [0.5, 0.6) is 0 Å². The van der Waals surface area contributed by atoms with Crippen molar-refractivity contribution in [1.29, 1.82) is 0 Å². The Morgan fingerprint density at radius 1 is 1.61 bits per heavy atom. The fourth-order valence-corrected chi connectivity index (χ4v) is 2.13. The minimum atomic E-state index is -0.812. The molecule has 0 radical (unpaired) electrons. The third-order valence-electron chi connectivity index (χ3n) is 2.43. The van der Waals surface area contributed by atoms with E-state index >= 15 is 0 Å². The van der Waals surface area contributed by atoms with Gasteiger partial charge in [-0.05, 0) is 25.5 Å². The standard InChI is InChI=1S/C12H18N2O3S/c1-9(6-8-18(3)16)14-11-10(12(15)17-2)5-4-7-13-11/h4-5,7,9H,6,8H2,1-3H3,(H,13,14). The quantitative estimate of drug-likeness (QED) is 0.792. The van der Waals surface area contributed by atoms with Gasteiger partial charge in [0, 0.05) is 35.0 Å². The van der Waals surface area contributed by atoms with Gasteiger partial charge in [-0.3, -0.25) is 4.21 Å². The van der Waals surface area contributed by atoms with E-state index in [2.05, 4.69) is 15.0 Å². The number of carbonyl (C=O) groups excluding carboxylic acids is 1. The average molecular weight is 270 g/mol. The second-order valence-corrected chi connectivity index (χ2v) is 5.56. The normalized spacial score (nSPS) is 13.7. The lowest BCUT2D eigenvalue weighted by atomic mass is 10.2. The fraction of sp³-hybridized carbons (Fsp3) is 0.500. The SMILES string of the molecule is COC(=O)c1cccnc1NC(C)CCS(C)=O. The Labute approximate surface area is 109 Å². The van der Waals surface area contributed by atoms with Gasteiger partial charge in [0.15, 0.2) is 0 Å². The van der Waals surface area contributed by atoms with Crippen molar-refractivity contribution in [3.8, 4) is 0 Å². The van der Waals surface area contributed by atoms with Crippen molar-refractivity contribution in [1.82, 2.24) is 4.98 Å². The highest BCUT2D eigenvalue weighted by Gasteiger charge is 2.14. The summed E-state index contributed by atoms with van der Waals surface area (Å²) in [6.07, 6.45) is 4.03. The number of hydrogen-bond donors (Lipinski definition) is 1. The summed E-state index contributed by atoms with van der Waals surface area (Å²) < 4.78 is 15.7. The molecular formula is C12H18N2O3S. The van der Waals surface area contributed by atoms with Crippen molar-refractivity contribution >= 4 is 22.6 Å². The third-order valence-corrected chi connectivity index (χ3v) is 3.25. The van der Waals surface area contributed by atoms with Crippen LogP contribution in [0, 0.1) is 0 Å². The highest BCUT2D eigenvalue weighted by molar-refractivity contribution is 7.84. The number of aromatic nitrogens is 1. The smallest absolute Gasteiger partial charge is 0.341 e.